The zero-order chi connectivity index (χ0) is 23.7. The fourth-order valence-electron chi connectivity index (χ4n) is 3.93. The highest BCUT2D eigenvalue weighted by Gasteiger charge is 2.47. The number of halogens is 1. The van der Waals surface area contributed by atoms with Crippen molar-refractivity contribution in [1.29, 1.82) is 0 Å². The summed E-state index contributed by atoms with van der Waals surface area (Å²) in [6.07, 6.45) is 0.832. The lowest BCUT2D eigenvalue weighted by Crippen LogP contribution is -2.29. The summed E-state index contributed by atoms with van der Waals surface area (Å²) in [4.78, 5) is 27.7. The fraction of sp³-hybridized carbons (Fsp3) is 0.154. The van der Waals surface area contributed by atoms with Crippen molar-refractivity contribution >= 4 is 34.7 Å². The van der Waals surface area contributed by atoms with Gasteiger partial charge in [0.15, 0.2) is 0 Å². The number of aryl methyl sites for hydroxylation is 1. The zero-order valence-corrected chi connectivity index (χ0v) is 18.8. The van der Waals surface area contributed by atoms with Crippen LogP contribution in [0.25, 0.3) is 5.76 Å². The Balaban J connectivity index is 1.91. The summed E-state index contributed by atoms with van der Waals surface area (Å²) in [5.41, 5.74) is 2.40. The number of amides is 1. The van der Waals surface area contributed by atoms with Gasteiger partial charge in [0, 0.05) is 11.3 Å². The Hall–Kier alpha value is -3.77. The van der Waals surface area contributed by atoms with E-state index in [4.69, 9.17) is 16.3 Å². The number of nitrogens with zero attached hydrogens (tertiary/aromatic N) is 1. The summed E-state index contributed by atoms with van der Waals surface area (Å²) in [6.45, 7) is 2.03. The van der Waals surface area contributed by atoms with Gasteiger partial charge in [-0.1, -0.05) is 42.8 Å². The molecule has 1 aliphatic heterocycles. The van der Waals surface area contributed by atoms with Crippen LogP contribution >= 0.6 is 11.6 Å². The summed E-state index contributed by atoms with van der Waals surface area (Å²) < 4.78 is 5.16. The van der Waals surface area contributed by atoms with Crippen molar-refractivity contribution in [2.75, 3.05) is 12.0 Å². The molecule has 33 heavy (non-hydrogen) atoms. The lowest BCUT2D eigenvalue weighted by atomic mass is 9.95. The molecule has 0 aromatic heterocycles. The van der Waals surface area contributed by atoms with E-state index >= 15 is 0 Å². The third-order valence-corrected chi connectivity index (χ3v) is 6.00. The molecule has 1 heterocycles. The number of aromatic hydroxyl groups is 1. The van der Waals surface area contributed by atoms with Crippen molar-refractivity contribution in [1.82, 2.24) is 0 Å². The lowest BCUT2D eigenvalue weighted by molar-refractivity contribution is -0.132. The molecule has 7 heteroatoms. The number of phenolic OH excluding ortho intramolecular Hbond substituents is 1. The summed E-state index contributed by atoms with van der Waals surface area (Å²) in [5, 5.41) is 21.2. The first-order chi connectivity index (χ1) is 15.8. The number of hydrogen-bond donors (Lipinski definition) is 2. The van der Waals surface area contributed by atoms with E-state index in [-0.39, 0.29) is 27.7 Å². The zero-order valence-electron chi connectivity index (χ0n) is 18.1. The molecule has 1 fully saturated rings. The normalized spacial score (nSPS) is 17.4. The van der Waals surface area contributed by atoms with E-state index in [2.05, 4.69) is 0 Å². The molecule has 4 rings (SSSR count). The highest BCUT2D eigenvalue weighted by molar-refractivity contribution is 6.51. The van der Waals surface area contributed by atoms with Gasteiger partial charge in [-0.25, -0.2) is 0 Å². The number of aliphatic hydroxyl groups excluding tert-OH is 1. The van der Waals surface area contributed by atoms with Crippen LogP contribution < -0.4 is 9.64 Å². The van der Waals surface area contributed by atoms with Crippen LogP contribution in [0.2, 0.25) is 5.02 Å². The molecule has 2 N–H and O–H groups in total. The number of ketones is 1. The van der Waals surface area contributed by atoms with Crippen LogP contribution in [-0.2, 0) is 16.0 Å². The van der Waals surface area contributed by atoms with Gasteiger partial charge in [-0.15, -0.1) is 0 Å². The number of aliphatic hydroxyl groups is 1. The first kappa shape index (κ1) is 22.4. The van der Waals surface area contributed by atoms with Gasteiger partial charge in [0.05, 0.1) is 23.7 Å². The SMILES string of the molecule is CCc1ccc(N2C(=O)C(=O)/C(=C(\O)c3ccc(OC)c(Cl)c3)C2c2ccc(O)cc2)cc1. The molecule has 3 aromatic carbocycles. The van der Waals surface area contributed by atoms with Crippen molar-refractivity contribution < 1.29 is 24.5 Å². The minimum Gasteiger partial charge on any atom is -0.508 e. The molecule has 6 nitrogen and oxygen atoms in total. The van der Waals surface area contributed by atoms with Crippen molar-refractivity contribution in [3.63, 3.8) is 0 Å². The maximum atomic E-state index is 13.2. The number of hydrogen-bond acceptors (Lipinski definition) is 5. The Labute approximate surface area is 196 Å². The second-order valence-corrected chi connectivity index (χ2v) is 8.04. The summed E-state index contributed by atoms with van der Waals surface area (Å²) >= 11 is 6.22. The van der Waals surface area contributed by atoms with E-state index in [0.29, 0.717) is 17.0 Å². The van der Waals surface area contributed by atoms with Crippen molar-refractivity contribution in [3.8, 4) is 11.5 Å². The van der Waals surface area contributed by atoms with Crippen molar-refractivity contribution in [3.05, 3.63) is 94.0 Å². The van der Waals surface area contributed by atoms with Crippen molar-refractivity contribution in [2.45, 2.75) is 19.4 Å². The largest absolute Gasteiger partial charge is 0.508 e. The van der Waals surface area contributed by atoms with Crippen LogP contribution in [0.15, 0.2) is 72.3 Å². The number of anilines is 1. The van der Waals surface area contributed by atoms with Gasteiger partial charge in [-0.2, -0.15) is 0 Å². The topological polar surface area (TPSA) is 87.1 Å². The number of carbonyl (C=O) groups is 2. The van der Waals surface area contributed by atoms with Crippen LogP contribution in [0, 0.1) is 0 Å². The number of benzene rings is 3. The van der Waals surface area contributed by atoms with Gasteiger partial charge >= 0.3 is 0 Å². The highest BCUT2D eigenvalue weighted by atomic mass is 35.5. The van der Waals surface area contributed by atoms with Crippen LogP contribution in [0.1, 0.15) is 29.7 Å². The monoisotopic (exact) mass is 463 g/mol. The van der Waals surface area contributed by atoms with Gasteiger partial charge in [-0.05, 0) is 60.0 Å². The van der Waals surface area contributed by atoms with Crippen LogP contribution in [0.3, 0.4) is 0 Å². The standard InChI is InChI=1S/C26H22ClNO5/c1-3-15-4-9-18(10-5-15)28-23(16-6-11-19(29)12-7-16)22(25(31)26(28)32)24(30)17-8-13-21(33-2)20(27)14-17/h4-14,23,29-30H,3H2,1-2H3/b24-22-. The van der Waals surface area contributed by atoms with Crippen LogP contribution in [0.5, 0.6) is 11.5 Å². The predicted octanol–water partition coefficient (Wildman–Crippen LogP) is 5.24. The van der Waals surface area contributed by atoms with Gasteiger partial charge in [0.2, 0.25) is 0 Å². The molecule has 1 amide bonds. The molecule has 168 valence electrons. The van der Waals surface area contributed by atoms with Gasteiger partial charge in [0.1, 0.15) is 17.3 Å². The molecular formula is C26H22ClNO5. The van der Waals surface area contributed by atoms with E-state index in [9.17, 15) is 19.8 Å². The van der Waals surface area contributed by atoms with Crippen molar-refractivity contribution in [2.24, 2.45) is 0 Å². The molecule has 0 bridgehead atoms. The molecular weight excluding hydrogens is 442 g/mol. The van der Waals surface area contributed by atoms with Gasteiger partial charge < -0.3 is 14.9 Å². The maximum Gasteiger partial charge on any atom is 0.300 e. The minimum atomic E-state index is -0.890. The number of rotatable bonds is 5. The molecule has 0 radical (unpaired) electrons. The van der Waals surface area contributed by atoms with E-state index in [0.717, 1.165) is 12.0 Å². The number of Topliss-reactive ketones (excluding diaryl/α,β-unsaturated/α-hetero) is 1. The predicted molar refractivity (Wildman–Crippen MR) is 127 cm³/mol. The number of carbonyl (C=O) groups excluding carboxylic acids is 2. The quantitative estimate of drug-likeness (QED) is 0.307. The van der Waals surface area contributed by atoms with E-state index in [1.54, 1.807) is 36.4 Å². The summed E-state index contributed by atoms with van der Waals surface area (Å²) in [6, 6.07) is 17.3. The van der Waals surface area contributed by atoms with Crippen LogP contribution in [-0.4, -0.2) is 29.0 Å². The van der Waals surface area contributed by atoms with E-state index in [1.807, 2.05) is 19.1 Å². The Morgan fingerprint density at radius 3 is 2.27 bits per heavy atom. The number of ether oxygens (including phenoxy) is 1. The molecule has 0 spiro atoms. The second kappa shape index (κ2) is 9.00. The average Bonchev–Trinajstić information content (AvgIpc) is 3.09. The second-order valence-electron chi connectivity index (χ2n) is 7.63. The Morgan fingerprint density at radius 2 is 1.70 bits per heavy atom. The Kier molecular flexibility index (Phi) is 6.11. The molecule has 0 saturated carbocycles. The third kappa shape index (κ3) is 4.05. The number of phenols is 1. The van der Waals surface area contributed by atoms with Crippen LogP contribution in [0.4, 0.5) is 5.69 Å². The first-order valence-corrected chi connectivity index (χ1v) is 10.8. The molecule has 3 aromatic rings. The molecule has 1 aliphatic rings. The Morgan fingerprint density at radius 1 is 1.03 bits per heavy atom. The highest BCUT2D eigenvalue weighted by Crippen LogP contribution is 2.43. The first-order valence-electron chi connectivity index (χ1n) is 10.4. The lowest BCUT2D eigenvalue weighted by Gasteiger charge is -2.25. The molecule has 1 atom stereocenters. The molecule has 1 saturated heterocycles. The fourth-order valence-corrected chi connectivity index (χ4v) is 4.19. The van der Waals surface area contributed by atoms with Gasteiger partial charge in [-0.3, -0.25) is 14.5 Å². The number of methoxy groups -OCH3 is 1. The Bertz CT molecular complexity index is 1250. The summed E-state index contributed by atoms with van der Waals surface area (Å²) in [7, 11) is 1.47. The van der Waals surface area contributed by atoms with E-state index < -0.39 is 17.7 Å². The third-order valence-electron chi connectivity index (χ3n) is 5.70. The smallest absolute Gasteiger partial charge is 0.300 e. The molecule has 0 aliphatic carbocycles. The average molecular weight is 464 g/mol. The maximum absolute atomic E-state index is 13.2. The molecule has 1 unspecified atom stereocenters. The van der Waals surface area contributed by atoms with Gasteiger partial charge in [0.25, 0.3) is 11.7 Å². The minimum absolute atomic E-state index is 0.0462. The van der Waals surface area contributed by atoms with E-state index in [1.165, 1.54) is 30.2 Å². The summed E-state index contributed by atoms with van der Waals surface area (Å²) in [5.74, 6) is -1.44.